The van der Waals surface area contributed by atoms with Crippen LogP contribution < -0.4 is 5.32 Å². The summed E-state index contributed by atoms with van der Waals surface area (Å²) in [6, 6.07) is 0.543. The van der Waals surface area contributed by atoms with Crippen molar-refractivity contribution < 1.29 is 19.7 Å². The second kappa shape index (κ2) is 10.1. The minimum absolute atomic E-state index is 0.0156. The largest absolute Gasteiger partial charge is 0.466 e. The predicted octanol–water partition coefficient (Wildman–Crippen LogP) is 4.55. The maximum atomic E-state index is 11.9. The Balaban J connectivity index is 1.46. The molecule has 5 nitrogen and oxygen atoms in total. The fourth-order valence-electron chi connectivity index (χ4n) is 9.42. The maximum absolute atomic E-state index is 11.9. The van der Waals surface area contributed by atoms with Gasteiger partial charge in [-0.3, -0.25) is 4.79 Å². The first-order valence-electron chi connectivity index (χ1n) is 13.9. The third-order valence-electron chi connectivity index (χ3n) is 11.2. The smallest absolute Gasteiger partial charge is 0.305 e. The molecule has 4 rings (SSSR count). The Morgan fingerprint density at radius 2 is 1.91 bits per heavy atom. The molecular formula is C28H49NO4. The van der Waals surface area contributed by atoms with Crippen LogP contribution in [0.1, 0.15) is 91.9 Å². The zero-order valence-electron chi connectivity index (χ0n) is 21.5. The average Bonchev–Trinajstić information content (AvgIpc) is 3.16. The monoisotopic (exact) mass is 463 g/mol. The lowest BCUT2D eigenvalue weighted by atomic mass is 9.43. The maximum Gasteiger partial charge on any atom is 0.305 e. The van der Waals surface area contributed by atoms with Crippen LogP contribution in [-0.4, -0.2) is 48.1 Å². The van der Waals surface area contributed by atoms with Crippen LogP contribution in [0.15, 0.2) is 0 Å². The van der Waals surface area contributed by atoms with Crippen LogP contribution in [0, 0.1) is 46.3 Å². The number of carbonyl (C=O) groups is 1. The molecule has 5 heteroatoms. The van der Waals surface area contributed by atoms with E-state index in [4.69, 9.17) is 4.74 Å². The topological polar surface area (TPSA) is 78.8 Å². The molecule has 4 aliphatic carbocycles. The van der Waals surface area contributed by atoms with Gasteiger partial charge in [-0.05, 0) is 111 Å². The van der Waals surface area contributed by atoms with E-state index in [1.807, 2.05) is 6.92 Å². The van der Waals surface area contributed by atoms with Crippen molar-refractivity contribution in [1.29, 1.82) is 0 Å². The fourth-order valence-corrected chi connectivity index (χ4v) is 9.42. The van der Waals surface area contributed by atoms with Crippen molar-refractivity contribution in [2.24, 2.45) is 46.3 Å². The van der Waals surface area contributed by atoms with Gasteiger partial charge in [0.1, 0.15) is 0 Å². The molecule has 0 radical (unpaired) electrons. The van der Waals surface area contributed by atoms with Gasteiger partial charge in [-0.15, -0.1) is 0 Å². The lowest BCUT2D eigenvalue weighted by Crippen LogP contribution is -2.59. The van der Waals surface area contributed by atoms with Crippen molar-refractivity contribution in [3.8, 4) is 0 Å². The molecule has 0 aliphatic heterocycles. The van der Waals surface area contributed by atoms with E-state index in [0.29, 0.717) is 54.7 Å². The number of hydrogen-bond donors (Lipinski definition) is 3. The van der Waals surface area contributed by atoms with Crippen molar-refractivity contribution in [2.75, 3.05) is 19.8 Å². The summed E-state index contributed by atoms with van der Waals surface area (Å²) in [5, 5.41) is 24.5. The quantitative estimate of drug-likeness (QED) is 0.461. The number of esters is 1. The zero-order chi connectivity index (χ0) is 23.8. The number of aliphatic hydroxyl groups excluding tert-OH is 2. The Bertz CT molecular complexity index is 685. The molecule has 0 aromatic heterocycles. The summed E-state index contributed by atoms with van der Waals surface area (Å²) in [6.07, 6.45) is 10.8. The summed E-state index contributed by atoms with van der Waals surface area (Å²) in [4.78, 5) is 11.9. The third-order valence-corrected chi connectivity index (χ3v) is 11.2. The minimum atomic E-state index is -0.234. The summed E-state index contributed by atoms with van der Waals surface area (Å²) in [7, 11) is 0. The van der Waals surface area contributed by atoms with Crippen LogP contribution in [0.5, 0.6) is 0 Å². The number of carbonyl (C=O) groups excluding carboxylic acids is 1. The van der Waals surface area contributed by atoms with Crippen molar-refractivity contribution >= 4 is 5.97 Å². The van der Waals surface area contributed by atoms with Gasteiger partial charge >= 0.3 is 5.97 Å². The molecule has 0 spiro atoms. The van der Waals surface area contributed by atoms with E-state index < -0.39 is 0 Å². The van der Waals surface area contributed by atoms with Gasteiger partial charge < -0.3 is 20.3 Å². The first-order chi connectivity index (χ1) is 15.8. The van der Waals surface area contributed by atoms with Gasteiger partial charge in [0, 0.05) is 19.0 Å². The molecular weight excluding hydrogens is 414 g/mol. The number of nitrogens with one attached hydrogen (secondary N) is 1. The Morgan fingerprint density at radius 3 is 2.64 bits per heavy atom. The highest BCUT2D eigenvalue weighted by Crippen LogP contribution is 2.68. The molecule has 3 unspecified atom stereocenters. The van der Waals surface area contributed by atoms with Crippen LogP contribution in [0.3, 0.4) is 0 Å². The molecule has 4 aliphatic rings. The van der Waals surface area contributed by atoms with Gasteiger partial charge in [0.15, 0.2) is 0 Å². The molecule has 33 heavy (non-hydrogen) atoms. The van der Waals surface area contributed by atoms with E-state index in [9.17, 15) is 15.0 Å². The van der Waals surface area contributed by atoms with E-state index >= 15 is 0 Å². The average molecular weight is 464 g/mol. The third kappa shape index (κ3) is 4.51. The summed E-state index contributed by atoms with van der Waals surface area (Å²) in [6.45, 7) is 10.5. The highest BCUT2D eigenvalue weighted by atomic mass is 16.5. The Hall–Kier alpha value is -0.650. The van der Waals surface area contributed by atoms with Gasteiger partial charge in [0.25, 0.3) is 0 Å². The summed E-state index contributed by atoms with van der Waals surface area (Å²) >= 11 is 0. The second-order valence-corrected chi connectivity index (χ2v) is 12.4. The highest BCUT2D eigenvalue weighted by molar-refractivity contribution is 5.69. The Kier molecular flexibility index (Phi) is 7.82. The molecule has 4 fully saturated rings. The van der Waals surface area contributed by atoms with E-state index in [0.717, 1.165) is 24.7 Å². The first kappa shape index (κ1) is 25.4. The lowest BCUT2D eigenvalue weighted by molar-refractivity contribution is -0.170. The van der Waals surface area contributed by atoms with Gasteiger partial charge in [-0.1, -0.05) is 20.8 Å². The molecule has 4 saturated carbocycles. The molecule has 0 amide bonds. The van der Waals surface area contributed by atoms with Crippen molar-refractivity contribution in [2.45, 2.75) is 104 Å². The molecule has 0 saturated heterocycles. The van der Waals surface area contributed by atoms with E-state index in [-0.39, 0.29) is 24.1 Å². The lowest BCUT2D eigenvalue weighted by Gasteiger charge is -2.62. The molecule has 0 bridgehead atoms. The minimum Gasteiger partial charge on any atom is -0.466 e. The normalized spacial score (nSPS) is 45.6. The van der Waals surface area contributed by atoms with Gasteiger partial charge in [0.05, 0.1) is 19.3 Å². The number of hydrogen-bond acceptors (Lipinski definition) is 5. The summed E-state index contributed by atoms with van der Waals surface area (Å²) < 4.78 is 5.16. The Labute approximate surface area is 201 Å². The van der Waals surface area contributed by atoms with Crippen LogP contribution in [0.25, 0.3) is 0 Å². The van der Waals surface area contributed by atoms with E-state index in [1.165, 1.54) is 44.9 Å². The predicted molar refractivity (Wildman–Crippen MR) is 131 cm³/mol. The van der Waals surface area contributed by atoms with Crippen LogP contribution in [-0.2, 0) is 9.53 Å². The first-order valence-corrected chi connectivity index (χ1v) is 13.9. The van der Waals surface area contributed by atoms with Gasteiger partial charge in [0.2, 0.25) is 0 Å². The number of ether oxygens (including phenoxy) is 1. The fraction of sp³-hybridized carbons (Fsp3) is 0.964. The zero-order valence-corrected chi connectivity index (χ0v) is 21.5. The van der Waals surface area contributed by atoms with E-state index in [2.05, 4.69) is 26.1 Å². The van der Waals surface area contributed by atoms with Crippen LogP contribution in [0.2, 0.25) is 0 Å². The summed E-state index contributed by atoms with van der Waals surface area (Å²) in [5.74, 6) is 3.59. The number of aliphatic hydroxyl groups is 2. The molecule has 0 aromatic rings. The van der Waals surface area contributed by atoms with Crippen molar-refractivity contribution in [3.05, 3.63) is 0 Å². The molecule has 0 aromatic carbocycles. The summed E-state index contributed by atoms with van der Waals surface area (Å²) in [5.41, 5.74) is 0.328. The van der Waals surface area contributed by atoms with Crippen LogP contribution in [0.4, 0.5) is 0 Å². The molecule has 3 N–H and O–H groups in total. The molecule has 10 atom stereocenters. The van der Waals surface area contributed by atoms with E-state index in [1.54, 1.807) is 0 Å². The van der Waals surface area contributed by atoms with Gasteiger partial charge in [-0.25, -0.2) is 0 Å². The molecule has 0 heterocycles. The van der Waals surface area contributed by atoms with Crippen molar-refractivity contribution in [1.82, 2.24) is 5.32 Å². The Morgan fingerprint density at radius 1 is 1.12 bits per heavy atom. The van der Waals surface area contributed by atoms with Crippen LogP contribution >= 0.6 is 0 Å². The number of rotatable bonds is 8. The molecule has 190 valence electrons. The SMILES string of the molecule is CCOC(=O)CC[C@@H](C)[C@H]1CCC2C3CC[C@@H]4C[C@H](NCCO)CC[C@]4(C)C3C[C@H](O)[C@@]21C. The number of fused-ring (bicyclic) bond motifs is 5. The second-order valence-electron chi connectivity index (χ2n) is 12.4. The standard InChI is InChI=1S/C28H49NO4/c1-5-33-26(32)11-6-18(2)22-9-10-23-21-8-7-19-16-20(29-14-15-30)12-13-27(19,3)24(21)17-25(31)28(22,23)4/h18-25,29-31H,5-17H2,1-4H3/t18-,19-,20-,21?,22-,23?,24?,25+,27+,28-/m1/s1. The van der Waals surface area contributed by atoms with Gasteiger partial charge in [-0.2, -0.15) is 0 Å². The highest BCUT2D eigenvalue weighted by Gasteiger charge is 2.63. The van der Waals surface area contributed by atoms with Crippen molar-refractivity contribution in [3.63, 3.8) is 0 Å².